The molecular weight excluding hydrogens is 176 g/mol. The smallest absolute Gasteiger partial charge is 0.274 e. The highest BCUT2D eigenvalue weighted by atomic mass is 32.2. The van der Waals surface area contributed by atoms with Gasteiger partial charge in [0.15, 0.2) is 9.84 Å². The molecule has 0 bridgehead atoms. The van der Waals surface area contributed by atoms with E-state index in [4.69, 9.17) is 0 Å². The van der Waals surface area contributed by atoms with Gasteiger partial charge in [-0.25, -0.2) is 17.2 Å². The first-order valence-electron chi connectivity index (χ1n) is 3.20. The lowest BCUT2D eigenvalue weighted by atomic mass is 10.4. The van der Waals surface area contributed by atoms with Gasteiger partial charge in [0, 0.05) is 6.54 Å². The summed E-state index contributed by atoms with van der Waals surface area (Å²) in [5.41, 5.74) is 0. The van der Waals surface area contributed by atoms with Crippen LogP contribution >= 0.6 is 0 Å². The lowest BCUT2D eigenvalue weighted by Crippen LogP contribution is -2.34. The van der Waals surface area contributed by atoms with Crippen molar-refractivity contribution >= 4 is 9.84 Å². The van der Waals surface area contributed by atoms with E-state index in [-0.39, 0.29) is 12.3 Å². The van der Waals surface area contributed by atoms with Crippen LogP contribution in [0.2, 0.25) is 0 Å². The number of hydrogen-bond acceptors (Lipinski definition) is 3. The fourth-order valence-electron chi connectivity index (χ4n) is 0.944. The molecule has 11 heavy (non-hydrogen) atoms. The van der Waals surface area contributed by atoms with Gasteiger partial charge in [-0.2, -0.15) is 0 Å². The quantitative estimate of drug-likeness (QED) is 0.560. The Morgan fingerprint density at radius 3 is 2.64 bits per heavy atom. The summed E-state index contributed by atoms with van der Waals surface area (Å²) in [6, 6.07) is 0. The first-order chi connectivity index (χ1) is 4.91. The minimum absolute atomic E-state index is 0.123. The third kappa shape index (κ3) is 2.70. The molecule has 3 nitrogen and oxygen atoms in total. The van der Waals surface area contributed by atoms with Crippen molar-refractivity contribution in [2.24, 2.45) is 0 Å². The molecule has 0 spiro atoms. The molecule has 0 radical (unpaired) electrons. The molecule has 0 aromatic carbocycles. The summed E-state index contributed by atoms with van der Waals surface area (Å²) in [6.45, 7) is -0.413. The maximum atomic E-state index is 12.5. The second kappa shape index (κ2) is 2.67. The van der Waals surface area contributed by atoms with Crippen LogP contribution in [0.15, 0.2) is 0 Å². The summed E-state index contributed by atoms with van der Waals surface area (Å²) in [5.74, 6) is -4.31. The summed E-state index contributed by atoms with van der Waals surface area (Å²) in [6.07, 6.45) is 0. The van der Waals surface area contributed by atoms with Gasteiger partial charge in [0.05, 0.1) is 12.3 Å². The number of rotatable bonds is 0. The zero-order valence-corrected chi connectivity index (χ0v) is 6.63. The van der Waals surface area contributed by atoms with Gasteiger partial charge in [-0.05, 0) is 0 Å². The monoisotopic (exact) mass is 185 g/mol. The van der Waals surface area contributed by atoms with E-state index in [2.05, 4.69) is 5.32 Å². The van der Waals surface area contributed by atoms with Gasteiger partial charge < -0.3 is 5.32 Å². The number of hydrogen-bond donors (Lipinski definition) is 1. The predicted molar refractivity (Wildman–Crippen MR) is 36.5 cm³/mol. The van der Waals surface area contributed by atoms with E-state index in [1.54, 1.807) is 0 Å². The van der Waals surface area contributed by atoms with Crippen molar-refractivity contribution in [3.63, 3.8) is 0 Å². The van der Waals surface area contributed by atoms with Crippen molar-refractivity contribution in [1.29, 1.82) is 0 Å². The number of alkyl halides is 2. The van der Waals surface area contributed by atoms with Crippen molar-refractivity contribution in [2.45, 2.75) is 5.92 Å². The van der Waals surface area contributed by atoms with Gasteiger partial charge >= 0.3 is 0 Å². The third-order valence-corrected chi connectivity index (χ3v) is 3.09. The van der Waals surface area contributed by atoms with E-state index in [1.807, 2.05) is 0 Å². The van der Waals surface area contributed by atoms with Crippen molar-refractivity contribution < 1.29 is 17.2 Å². The van der Waals surface area contributed by atoms with Gasteiger partial charge in [-0.15, -0.1) is 0 Å². The van der Waals surface area contributed by atoms with Crippen LogP contribution in [-0.4, -0.2) is 38.9 Å². The first-order valence-corrected chi connectivity index (χ1v) is 5.02. The van der Waals surface area contributed by atoms with E-state index in [0.717, 1.165) is 0 Å². The van der Waals surface area contributed by atoms with Crippen LogP contribution in [0.25, 0.3) is 0 Å². The molecule has 1 aliphatic heterocycles. The summed E-state index contributed by atoms with van der Waals surface area (Å²) in [4.78, 5) is 0. The van der Waals surface area contributed by atoms with Crippen molar-refractivity contribution in [1.82, 2.24) is 5.32 Å². The highest BCUT2D eigenvalue weighted by Gasteiger charge is 2.36. The average molecular weight is 185 g/mol. The second-order valence-corrected chi connectivity index (χ2v) is 4.81. The molecule has 6 heteroatoms. The van der Waals surface area contributed by atoms with Crippen molar-refractivity contribution in [3.05, 3.63) is 0 Å². The second-order valence-electron chi connectivity index (χ2n) is 2.62. The molecule has 0 aromatic heterocycles. The maximum Gasteiger partial charge on any atom is 0.274 e. The summed E-state index contributed by atoms with van der Waals surface area (Å²) < 4.78 is 46.6. The molecule has 1 aliphatic rings. The Hall–Kier alpha value is -0.230. The van der Waals surface area contributed by atoms with Crippen LogP contribution < -0.4 is 5.32 Å². The predicted octanol–water partition coefficient (Wildman–Crippen LogP) is -0.360. The summed E-state index contributed by atoms with van der Waals surface area (Å²) >= 11 is 0. The molecule has 0 saturated carbocycles. The summed E-state index contributed by atoms with van der Waals surface area (Å²) in [7, 11) is -3.54. The molecule has 1 fully saturated rings. The minimum atomic E-state index is -3.54. The Morgan fingerprint density at radius 1 is 1.36 bits per heavy atom. The molecule has 0 unspecified atom stereocenters. The molecule has 1 rings (SSSR count). The number of halogens is 2. The molecule has 66 valence electrons. The lowest BCUT2D eigenvalue weighted by molar-refractivity contribution is 0.0288. The first kappa shape index (κ1) is 8.86. The van der Waals surface area contributed by atoms with Crippen LogP contribution in [0.4, 0.5) is 8.78 Å². The lowest BCUT2D eigenvalue weighted by Gasteiger charge is -2.11. The average Bonchev–Trinajstić information content (AvgIpc) is 1.86. The Balaban J connectivity index is 2.78. The normalized spacial score (nSPS) is 29.3. The largest absolute Gasteiger partial charge is 0.310 e. The van der Waals surface area contributed by atoms with Crippen LogP contribution in [-0.2, 0) is 9.84 Å². The van der Waals surface area contributed by atoms with Crippen LogP contribution in [0.3, 0.4) is 0 Å². The molecule has 1 N–H and O–H groups in total. The van der Waals surface area contributed by atoms with Gasteiger partial charge in [0.2, 0.25) is 0 Å². The molecule has 0 amide bonds. The SMILES string of the molecule is O=S1(=O)CCNCC(F)(F)C1. The van der Waals surface area contributed by atoms with Gasteiger partial charge in [-0.3, -0.25) is 0 Å². The maximum absolute atomic E-state index is 12.5. The molecular formula is C5H9F2NO2S. The Kier molecular flexibility index (Phi) is 2.15. The van der Waals surface area contributed by atoms with E-state index in [9.17, 15) is 17.2 Å². The fraction of sp³-hybridized carbons (Fsp3) is 1.00. The van der Waals surface area contributed by atoms with Gasteiger partial charge in [0.25, 0.3) is 5.92 Å². The fourth-order valence-corrected chi connectivity index (χ4v) is 2.29. The zero-order chi connectivity index (χ0) is 8.54. The van der Waals surface area contributed by atoms with Crippen LogP contribution in [0, 0.1) is 0 Å². The third-order valence-electron chi connectivity index (χ3n) is 1.40. The topological polar surface area (TPSA) is 46.2 Å². The van der Waals surface area contributed by atoms with Crippen molar-refractivity contribution in [2.75, 3.05) is 24.6 Å². The Labute approximate surface area is 63.7 Å². The van der Waals surface area contributed by atoms with Crippen LogP contribution in [0.1, 0.15) is 0 Å². The molecule has 0 aromatic rings. The van der Waals surface area contributed by atoms with E-state index in [0.29, 0.717) is 0 Å². The Bertz CT molecular complexity index is 237. The highest BCUT2D eigenvalue weighted by Crippen LogP contribution is 2.17. The van der Waals surface area contributed by atoms with Crippen molar-refractivity contribution in [3.8, 4) is 0 Å². The van der Waals surface area contributed by atoms with E-state index < -0.39 is 28.1 Å². The standard InChI is InChI=1S/C5H9F2NO2S/c6-5(7)3-8-1-2-11(9,10)4-5/h8H,1-4H2. The zero-order valence-electron chi connectivity index (χ0n) is 5.81. The van der Waals surface area contributed by atoms with Gasteiger partial charge in [-0.1, -0.05) is 0 Å². The molecule has 0 atom stereocenters. The minimum Gasteiger partial charge on any atom is -0.310 e. The number of nitrogens with one attached hydrogen (secondary N) is 1. The molecule has 0 aliphatic carbocycles. The summed E-state index contributed by atoms with van der Waals surface area (Å²) in [5, 5.41) is 2.36. The van der Waals surface area contributed by atoms with Crippen LogP contribution in [0.5, 0.6) is 0 Å². The van der Waals surface area contributed by atoms with Gasteiger partial charge in [0.1, 0.15) is 5.75 Å². The molecule has 1 saturated heterocycles. The highest BCUT2D eigenvalue weighted by molar-refractivity contribution is 7.91. The van der Waals surface area contributed by atoms with E-state index in [1.165, 1.54) is 0 Å². The molecule has 1 heterocycles. The number of sulfone groups is 1. The van der Waals surface area contributed by atoms with E-state index >= 15 is 0 Å². The Morgan fingerprint density at radius 2 is 2.00 bits per heavy atom.